The molecule has 2 rings (SSSR count). The van der Waals surface area contributed by atoms with Gasteiger partial charge in [0, 0.05) is 19.1 Å². The third kappa shape index (κ3) is 7.19. The number of alkyl halides is 2. The molecule has 0 radical (unpaired) electrons. The Morgan fingerprint density at radius 2 is 1.96 bits per heavy atom. The summed E-state index contributed by atoms with van der Waals surface area (Å²) in [5.74, 6) is -0.619. The molecule has 1 aliphatic rings. The molecule has 1 saturated heterocycles. The standard InChI is InChI=1S/C15H20F2N4O3.2ClH/c16-15(17)24-12-4-2-1-3-11(12)21-6-5-10(9-21)20-14(23)8-19-13(22)7-18;;/h1-4,10,15H,5-9,18H2,(H,19,22)(H,20,23);2*1H. The van der Waals surface area contributed by atoms with Crippen molar-refractivity contribution < 1.29 is 23.1 Å². The molecule has 0 aliphatic carbocycles. The molecule has 1 aromatic carbocycles. The van der Waals surface area contributed by atoms with Crippen LogP contribution in [0.4, 0.5) is 14.5 Å². The average molecular weight is 415 g/mol. The Hall–Kier alpha value is -1.84. The Labute approximate surface area is 162 Å². The first-order valence-electron chi connectivity index (χ1n) is 7.54. The van der Waals surface area contributed by atoms with Crippen LogP contribution >= 0.6 is 24.8 Å². The highest BCUT2D eigenvalue weighted by Crippen LogP contribution is 2.31. The van der Waals surface area contributed by atoms with E-state index in [4.69, 9.17) is 5.73 Å². The number of carbonyl (C=O) groups is 2. The van der Waals surface area contributed by atoms with Crippen LogP contribution in [0, 0.1) is 0 Å². The van der Waals surface area contributed by atoms with Crippen LogP contribution in [-0.4, -0.2) is 50.6 Å². The van der Waals surface area contributed by atoms with Crippen molar-refractivity contribution >= 4 is 42.3 Å². The van der Waals surface area contributed by atoms with Gasteiger partial charge in [0.15, 0.2) is 0 Å². The summed E-state index contributed by atoms with van der Waals surface area (Å²) in [5.41, 5.74) is 5.70. The highest BCUT2D eigenvalue weighted by Gasteiger charge is 2.26. The summed E-state index contributed by atoms with van der Waals surface area (Å²) in [4.78, 5) is 24.7. The number of anilines is 1. The highest BCUT2D eigenvalue weighted by molar-refractivity contribution is 5.86. The SMILES string of the molecule is Cl.Cl.NCC(=O)NCC(=O)NC1CCN(c2ccccc2OC(F)F)C1. The minimum atomic E-state index is -2.89. The Morgan fingerprint density at radius 1 is 1.27 bits per heavy atom. The lowest BCUT2D eigenvalue weighted by molar-refractivity contribution is -0.125. The van der Waals surface area contributed by atoms with Crippen molar-refractivity contribution in [2.75, 3.05) is 31.1 Å². The number of ether oxygens (including phenoxy) is 1. The number of hydrogen-bond acceptors (Lipinski definition) is 5. The minimum Gasteiger partial charge on any atom is -0.433 e. The summed E-state index contributed by atoms with van der Waals surface area (Å²) in [6.07, 6.45) is 0.666. The van der Waals surface area contributed by atoms with E-state index in [-0.39, 0.29) is 55.6 Å². The molecule has 1 unspecified atom stereocenters. The number of amides is 2. The quantitative estimate of drug-likeness (QED) is 0.615. The van der Waals surface area contributed by atoms with E-state index in [0.29, 0.717) is 25.2 Å². The first kappa shape index (κ1) is 24.2. The molecule has 0 bridgehead atoms. The van der Waals surface area contributed by atoms with Gasteiger partial charge in [-0.25, -0.2) is 0 Å². The molecule has 0 spiro atoms. The molecule has 11 heteroatoms. The fourth-order valence-corrected chi connectivity index (χ4v) is 2.54. The molecule has 1 atom stereocenters. The Balaban J connectivity index is 0.00000312. The molecule has 148 valence electrons. The zero-order valence-electron chi connectivity index (χ0n) is 13.8. The maximum atomic E-state index is 12.5. The molecule has 1 heterocycles. The van der Waals surface area contributed by atoms with Gasteiger partial charge in [-0.05, 0) is 18.6 Å². The van der Waals surface area contributed by atoms with Crippen LogP contribution in [0.2, 0.25) is 0 Å². The molecule has 1 fully saturated rings. The summed E-state index contributed by atoms with van der Waals surface area (Å²) >= 11 is 0. The summed E-state index contributed by atoms with van der Waals surface area (Å²) in [7, 11) is 0. The number of nitrogens with one attached hydrogen (secondary N) is 2. The fraction of sp³-hybridized carbons (Fsp3) is 0.467. The van der Waals surface area contributed by atoms with Gasteiger partial charge >= 0.3 is 6.61 Å². The summed E-state index contributed by atoms with van der Waals surface area (Å²) in [6, 6.07) is 6.41. The lowest BCUT2D eigenvalue weighted by Gasteiger charge is -2.22. The molecule has 2 amide bonds. The van der Waals surface area contributed by atoms with Gasteiger partial charge in [0.2, 0.25) is 11.8 Å². The van der Waals surface area contributed by atoms with E-state index < -0.39 is 12.5 Å². The van der Waals surface area contributed by atoms with E-state index in [9.17, 15) is 18.4 Å². The van der Waals surface area contributed by atoms with Gasteiger partial charge in [-0.2, -0.15) is 8.78 Å². The first-order chi connectivity index (χ1) is 11.5. The molecule has 4 N–H and O–H groups in total. The van der Waals surface area contributed by atoms with Crippen molar-refractivity contribution in [3.05, 3.63) is 24.3 Å². The number of halogens is 4. The monoisotopic (exact) mass is 414 g/mol. The molecule has 1 aromatic rings. The topological polar surface area (TPSA) is 96.7 Å². The van der Waals surface area contributed by atoms with Crippen molar-refractivity contribution in [3.8, 4) is 5.75 Å². The van der Waals surface area contributed by atoms with Crippen LogP contribution in [0.15, 0.2) is 24.3 Å². The molecular formula is C15H22Cl2F2N4O3. The van der Waals surface area contributed by atoms with E-state index >= 15 is 0 Å². The van der Waals surface area contributed by atoms with Crippen LogP contribution in [-0.2, 0) is 9.59 Å². The number of para-hydroxylation sites is 2. The number of benzene rings is 1. The average Bonchev–Trinajstić information content (AvgIpc) is 3.00. The Morgan fingerprint density at radius 3 is 2.62 bits per heavy atom. The zero-order valence-corrected chi connectivity index (χ0v) is 15.5. The van der Waals surface area contributed by atoms with Gasteiger partial charge < -0.3 is 26.0 Å². The highest BCUT2D eigenvalue weighted by atomic mass is 35.5. The molecule has 7 nitrogen and oxygen atoms in total. The van der Waals surface area contributed by atoms with Crippen LogP contribution in [0.5, 0.6) is 5.75 Å². The molecule has 0 saturated carbocycles. The normalized spacial score (nSPS) is 15.7. The van der Waals surface area contributed by atoms with Crippen molar-refractivity contribution in [3.63, 3.8) is 0 Å². The van der Waals surface area contributed by atoms with Crippen LogP contribution < -0.4 is 26.0 Å². The minimum absolute atomic E-state index is 0. The van der Waals surface area contributed by atoms with Gasteiger partial charge in [0.25, 0.3) is 0 Å². The van der Waals surface area contributed by atoms with E-state index in [1.54, 1.807) is 18.2 Å². The number of nitrogens with two attached hydrogens (primary N) is 1. The third-order valence-electron chi connectivity index (χ3n) is 3.61. The summed E-state index contributed by atoms with van der Waals surface area (Å²) < 4.78 is 29.5. The van der Waals surface area contributed by atoms with E-state index in [1.165, 1.54) is 6.07 Å². The van der Waals surface area contributed by atoms with Crippen molar-refractivity contribution in [2.45, 2.75) is 19.1 Å². The molecular weight excluding hydrogens is 393 g/mol. The lowest BCUT2D eigenvalue weighted by atomic mass is 10.2. The van der Waals surface area contributed by atoms with Gasteiger partial charge in [0.1, 0.15) is 5.75 Å². The predicted molar refractivity (Wildman–Crippen MR) is 98.4 cm³/mol. The summed E-state index contributed by atoms with van der Waals surface area (Å²) in [5, 5.41) is 5.18. The van der Waals surface area contributed by atoms with Gasteiger partial charge in [-0.15, -0.1) is 24.8 Å². The van der Waals surface area contributed by atoms with Crippen molar-refractivity contribution in [1.82, 2.24) is 10.6 Å². The Bertz CT molecular complexity index is 596. The second kappa shape index (κ2) is 11.7. The van der Waals surface area contributed by atoms with Gasteiger partial charge in [-0.1, -0.05) is 12.1 Å². The van der Waals surface area contributed by atoms with Crippen molar-refractivity contribution in [2.24, 2.45) is 5.73 Å². The fourth-order valence-electron chi connectivity index (χ4n) is 2.54. The molecule has 1 aliphatic heterocycles. The lowest BCUT2D eigenvalue weighted by Crippen LogP contribution is -2.44. The Kier molecular flexibility index (Phi) is 10.9. The number of rotatable bonds is 7. The van der Waals surface area contributed by atoms with Crippen LogP contribution in [0.3, 0.4) is 0 Å². The number of carbonyl (C=O) groups excluding carboxylic acids is 2. The zero-order chi connectivity index (χ0) is 17.5. The first-order valence-corrected chi connectivity index (χ1v) is 7.54. The van der Waals surface area contributed by atoms with E-state index in [0.717, 1.165) is 0 Å². The molecule has 26 heavy (non-hydrogen) atoms. The number of nitrogens with zero attached hydrogens (tertiary/aromatic N) is 1. The van der Waals surface area contributed by atoms with Gasteiger partial charge in [-0.3, -0.25) is 9.59 Å². The van der Waals surface area contributed by atoms with Gasteiger partial charge in [0.05, 0.1) is 18.8 Å². The predicted octanol–water partition coefficient (Wildman–Crippen LogP) is 0.901. The van der Waals surface area contributed by atoms with E-state index in [2.05, 4.69) is 15.4 Å². The van der Waals surface area contributed by atoms with E-state index in [1.807, 2.05) is 4.90 Å². The smallest absolute Gasteiger partial charge is 0.387 e. The number of hydrogen-bond donors (Lipinski definition) is 3. The van der Waals surface area contributed by atoms with Crippen LogP contribution in [0.1, 0.15) is 6.42 Å². The second-order valence-electron chi connectivity index (χ2n) is 5.33. The van der Waals surface area contributed by atoms with Crippen LogP contribution in [0.25, 0.3) is 0 Å². The maximum absolute atomic E-state index is 12.5. The largest absolute Gasteiger partial charge is 0.433 e. The second-order valence-corrected chi connectivity index (χ2v) is 5.33. The molecule has 0 aromatic heterocycles. The third-order valence-corrected chi connectivity index (χ3v) is 3.61. The summed E-state index contributed by atoms with van der Waals surface area (Å²) in [6.45, 7) is -2.14. The van der Waals surface area contributed by atoms with Crippen molar-refractivity contribution in [1.29, 1.82) is 0 Å². The maximum Gasteiger partial charge on any atom is 0.387 e.